The summed E-state index contributed by atoms with van der Waals surface area (Å²) in [6.45, 7) is 3.39. The molecule has 0 aromatic heterocycles. The summed E-state index contributed by atoms with van der Waals surface area (Å²) >= 11 is 1.16. The van der Waals surface area contributed by atoms with Crippen LogP contribution in [0.15, 0.2) is 11.2 Å². The van der Waals surface area contributed by atoms with Crippen LogP contribution in [-0.2, 0) is 9.53 Å². The van der Waals surface area contributed by atoms with Crippen LogP contribution in [0.4, 0.5) is 4.39 Å². The third-order valence-electron chi connectivity index (χ3n) is 1.27. The fourth-order valence-electron chi connectivity index (χ4n) is 0.597. The third-order valence-corrected chi connectivity index (χ3v) is 2.20. The van der Waals surface area contributed by atoms with E-state index in [1.54, 1.807) is 0 Å². The molecule has 0 aliphatic rings. The Bertz CT molecular complexity index is 180. The first-order valence-corrected chi connectivity index (χ1v) is 5.27. The van der Waals surface area contributed by atoms with E-state index in [1.807, 2.05) is 0 Å². The van der Waals surface area contributed by atoms with Gasteiger partial charge in [0.05, 0.1) is 0 Å². The molecule has 0 atom stereocenters. The van der Waals surface area contributed by atoms with Crippen molar-refractivity contribution in [2.24, 2.45) is 0 Å². The molecular formula is C9H15FO2S. The average Bonchev–Trinajstić information content (AvgIpc) is 2.04. The Morgan fingerprint density at radius 1 is 1.62 bits per heavy atom. The van der Waals surface area contributed by atoms with E-state index in [2.05, 4.69) is 11.7 Å². The van der Waals surface area contributed by atoms with Gasteiger partial charge in [-0.25, -0.2) is 0 Å². The Labute approximate surface area is 82.5 Å². The van der Waals surface area contributed by atoms with E-state index >= 15 is 0 Å². The number of esters is 1. The standard InChI is InChI=1S/C9H15FO2S/c1-3-4-7-13-9(10)5-6-12-8(2)11/h5H,3-4,6-7H2,1-2H3. The molecule has 0 aromatic carbocycles. The summed E-state index contributed by atoms with van der Waals surface area (Å²) in [6, 6.07) is 0. The van der Waals surface area contributed by atoms with Crippen molar-refractivity contribution in [1.29, 1.82) is 0 Å². The number of carbonyl (C=O) groups excluding carboxylic acids is 1. The summed E-state index contributed by atoms with van der Waals surface area (Å²) in [5, 5.41) is -0.269. The Morgan fingerprint density at radius 2 is 2.31 bits per heavy atom. The third kappa shape index (κ3) is 9.40. The van der Waals surface area contributed by atoms with Crippen LogP contribution >= 0.6 is 11.8 Å². The number of hydrogen-bond donors (Lipinski definition) is 0. The van der Waals surface area contributed by atoms with E-state index < -0.39 is 0 Å². The normalized spacial score (nSPS) is 11.5. The number of rotatable bonds is 6. The molecule has 0 amide bonds. The number of carbonyl (C=O) groups is 1. The van der Waals surface area contributed by atoms with Gasteiger partial charge < -0.3 is 4.74 Å². The molecule has 76 valence electrons. The molecular weight excluding hydrogens is 191 g/mol. The van der Waals surface area contributed by atoms with E-state index in [-0.39, 0.29) is 17.7 Å². The van der Waals surface area contributed by atoms with E-state index in [9.17, 15) is 9.18 Å². The molecule has 0 bridgehead atoms. The van der Waals surface area contributed by atoms with E-state index in [1.165, 1.54) is 13.0 Å². The van der Waals surface area contributed by atoms with Gasteiger partial charge in [-0.3, -0.25) is 4.79 Å². The summed E-state index contributed by atoms with van der Waals surface area (Å²) in [4.78, 5) is 10.3. The highest BCUT2D eigenvalue weighted by Gasteiger charge is 1.95. The SMILES string of the molecule is CCCCSC(F)=CCOC(C)=O. The molecule has 0 fully saturated rings. The van der Waals surface area contributed by atoms with Crippen LogP contribution in [0.3, 0.4) is 0 Å². The molecule has 0 heterocycles. The Morgan fingerprint density at radius 3 is 2.85 bits per heavy atom. The van der Waals surface area contributed by atoms with Crippen molar-refractivity contribution in [2.45, 2.75) is 26.7 Å². The van der Waals surface area contributed by atoms with Crippen LogP contribution in [0.2, 0.25) is 0 Å². The number of ether oxygens (including phenoxy) is 1. The largest absolute Gasteiger partial charge is 0.462 e. The molecule has 0 N–H and O–H groups in total. The summed E-state index contributed by atoms with van der Waals surface area (Å²) < 4.78 is 17.4. The molecule has 4 heteroatoms. The fourth-order valence-corrected chi connectivity index (χ4v) is 1.41. The molecule has 0 aliphatic heterocycles. The maximum absolute atomic E-state index is 12.8. The molecule has 0 saturated heterocycles. The van der Waals surface area contributed by atoms with Gasteiger partial charge in [0.1, 0.15) is 6.61 Å². The van der Waals surface area contributed by atoms with Crippen LogP contribution in [0.25, 0.3) is 0 Å². The van der Waals surface area contributed by atoms with Crippen LogP contribution < -0.4 is 0 Å². The van der Waals surface area contributed by atoms with E-state index in [0.717, 1.165) is 30.4 Å². The van der Waals surface area contributed by atoms with E-state index in [0.29, 0.717) is 0 Å². The fraction of sp³-hybridized carbons (Fsp3) is 0.667. The van der Waals surface area contributed by atoms with Crippen molar-refractivity contribution in [3.05, 3.63) is 11.2 Å². The Balaban J connectivity index is 3.45. The number of hydrogen-bond acceptors (Lipinski definition) is 3. The summed E-state index contributed by atoms with van der Waals surface area (Å²) in [5.74, 6) is 0.390. The maximum atomic E-state index is 12.8. The highest BCUT2D eigenvalue weighted by Crippen LogP contribution is 2.17. The monoisotopic (exact) mass is 206 g/mol. The second kappa shape index (κ2) is 8.10. The van der Waals surface area contributed by atoms with Gasteiger partial charge in [0.25, 0.3) is 0 Å². The number of thioether (sulfide) groups is 1. The quantitative estimate of drug-likeness (QED) is 0.493. The minimum absolute atomic E-state index is 0.0281. The van der Waals surface area contributed by atoms with Gasteiger partial charge in [-0.1, -0.05) is 25.1 Å². The first kappa shape index (κ1) is 12.5. The first-order chi connectivity index (χ1) is 6.16. The maximum Gasteiger partial charge on any atom is 0.302 e. The van der Waals surface area contributed by atoms with Gasteiger partial charge in [0.2, 0.25) is 0 Å². The molecule has 13 heavy (non-hydrogen) atoms. The predicted octanol–water partition coefficient (Wildman–Crippen LogP) is 2.89. The minimum atomic E-state index is -0.386. The lowest BCUT2D eigenvalue weighted by molar-refractivity contribution is -0.139. The van der Waals surface area contributed by atoms with Crippen LogP contribution in [0.5, 0.6) is 0 Å². The van der Waals surface area contributed by atoms with Gasteiger partial charge in [0, 0.05) is 12.7 Å². The molecule has 0 radical (unpaired) electrons. The lowest BCUT2D eigenvalue weighted by Gasteiger charge is -1.97. The van der Waals surface area contributed by atoms with Gasteiger partial charge in [-0.2, -0.15) is 4.39 Å². The van der Waals surface area contributed by atoms with Crippen LogP contribution in [-0.4, -0.2) is 18.3 Å². The van der Waals surface area contributed by atoms with Gasteiger partial charge in [0.15, 0.2) is 5.16 Å². The second-order valence-electron chi connectivity index (χ2n) is 2.51. The first-order valence-electron chi connectivity index (χ1n) is 4.28. The average molecular weight is 206 g/mol. The zero-order chi connectivity index (χ0) is 10.1. The molecule has 0 spiro atoms. The second-order valence-corrected chi connectivity index (χ2v) is 3.60. The van der Waals surface area contributed by atoms with Crippen molar-refractivity contribution in [2.75, 3.05) is 12.4 Å². The molecule has 0 unspecified atom stereocenters. The summed E-state index contributed by atoms with van der Waals surface area (Å²) in [6.07, 6.45) is 3.34. The zero-order valence-electron chi connectivity index (χ0n) is 8.01. The topological polar surface area (TPSA) is 26.3 Å². The van der Waals surface area contributed by atoms with Crippen molar-refractivity contribution >= 4 is 17.7 Å². The Hall–Kier alpha value is -0.510. The molecule has 0 saturated carbocycles. The summed E-state index contributed by atoms with van der Waals surface area (Å²) in [5.41, 5.74) is 0. The number of unbranched alkanes of at least 4 members (excludes halogenated alkanes) is 1. The van der Waals surface area contributed by atoms with Crippen molar-refractivity contribution in [3.63, 3.8) is 0 Å². The van der Waals surface area contributed by atoms with E-state index in [4.69, 9.17) is 0 Å². The lowest BCUT2D eigenvalue weighted by atomic mass is 10.4. The number of halogens is 1. The predicted molar refractivity (Wildman–Crippen MR) is 53.2 cm³/mol. The lowest BCUT2D eigenvalue weighted by Crippen LogP contribution is -1.97. The van der Waals surface area contributed by atoms with Crippen molar-refractivity contribution in [3.8, 4) is 0 Å². The molecule has 2 nitrogen and oxygen atoms in total. The van der Waals surface area contributed by atoms with Crippen LogP contribution in [0.1, 0.15) is 26.7 Å². The molecule has 0 aromatic rings. The van der Waals surface area contributed by atoms with Gasteiger partial charge in [-0.15, -0.1) is 0 Å². The van der Waals surface area contributed by atoms with Crippen molar-refractivity contribution in [1.82, 2.24) is 0 Å². The highest BCUT2D eigenvalue weighted by atomic mass is 32.2. The van der Waals surface area contributed by atoms with Gasteiger partial charge in [-0.05, 0) is 12.5 Å². The smallest absolute Gasteiger partial charge is 0.302 e. The minimum Gasteiger partial charge on any atom is -0.462 e. The molecule has 0 aliphatic carbocycles. The zero-order valence-corrected chi connectivity index (χ0v) is 8.82. The Kier molecular flexibility index (Phi) is 7.79. The van der Waals surface area contributed by atoms with Crippen molar-refractivity contribution < 1.29 is 13.9 Å². The highest BCUT2D eigenvalue weighted by molar-refractivity contribution is 8.02. The van der Waals surface area contributed by atoms with Gasteiger partial charge >= 0.3 is 5.97 Å². The molecule has 0 rings (SSSR count). The summed E-state index contributed by atoms with van der Waals surface area (Å²) in [7, 11) is 0. The van der Waals surface area contributed by atoms with Crippen LogP contribution in [0, 0.1) is 0 Å².